The van der Waals surface area contributed by atoms with Gasteiger partial charge in [0.25, 0.3) is 0 Å². The first kappa shape index (κ1) is 13.8. The van der Waals surface area contributed by atoms with Crippen LogP contribution < -0.4 is 5.73 Å². The molecule has 0 saturated heterocycles. The molecule has 98 valence electrons. The van der Waals surface area contributed by atoms with Crippen LogP contribution in [-0.4, -0.2) is 34.9 Å². The van der Waals surface area contributed by atoms with Crippen LogP contribution in [0.4, 0.5) is 0 Å². The van der Waals surface area contributed by atoms with E-state index in [1.807, 2.05) is 18.7 Å². The lowest BCUT2D eigenvalue weighted by Gasteiger charge is -2.33. The summed E-state index contributed by atoms with van der Waals surface area (Å²) >= 11 is 0. The van der Waals surface area contributed by atoms with E-state index in [0.717, 1.165) is 6.54 Å². The summed E-state index contributed by atoms with van der Waals surface area (Å²) in [6.45, 7) is 5.34. The van der Waals surface area contributed by atoms with E-state index >= 15 is 0 Å². The molecule has 1 amide bonds. The molecular weight excluding hydrogens is 218 g/mol. The minimum Gasteiger partial charge on any atom is -0.409 e. The van der Waals surface area contributed by atoms with Gasteiger partial charge in [0.15, 0.2) is 5.84 Å². The van der Waals surface area contributed by atoms with Crippen LogP contribution in [0.15, 0.2) is 5.16 Å². The Morgan fingerprint density at radius 3 is 2.53 bits per heavy atom. The van der Waals surface area contributed by atoms with Gasteiger partial charge >= 0.3 is 0 Å². The van der Waals surface area contributed by atoms with Gasteiger partial charge in [0.2, 0.25) is 5.91 Å². The molecule has 1 aliphatic rings. The summed E-state index contributed by atoms with van der Waals surface area (Å²) in [7, 11) is 0. The lowest BCUT2D eigenvalue weighted by atomic mass is 9.85. The average molecular weight is 241 g/mol. The van der Waals surface area contributed by atoms with E-state index < -0.39 is 5.92 Å². The summed E-state index contributed by atoms with van der Waals surface area (Å²) in [4.78, 5) is 14.1. The van der Waals surface area contributed by atoms with Crippen molar-refractivity contribution >= 4 is 11.7 Å². The maximum atomic E-state index is 12.2. The third-order valence-electron chi connectivity index (χ3n) is 3.58. The Morgan fingerprint density at radius 2 is 2.18 bits per heavy atom. The maximum absolute atomic E-state index is 12.2. The number of amides is 1. The van der Waals surface area contributed by atoms with Crippen molar-refractivity contribution in [1.82, 2.24) is 4.90 Å². The molecule has 0 aliphatic heterocycles. The van der Waals surface area contributed by atoms with Crippen molar-refractivity contribution in [2.24, 2.45) is 22.7 Å². The second-order valence-corrected chi connectivity index (χ2v) is 4.66. The Hall–Kier alpha value is -1.26. The number of hydrogen-bond acceptors (Lipinski definition) is 3. The fourth-order valence-corrected chi connectivity index (χ4v) is 2.16. The lowest BCUT2D eigenvalue weighted by Crippen LogP contribution is -2.44. The summed E-state index contributed by atoms with van der Waals surface area (Å²) in [6.07, 6.45) is 4.26. The number of rotatable bonds is 6. The van der Waals surface area contributed by atoms with Crippen LogP contribution in [0.1, 0.15) is 39.5 Å². The lowest BCUT2D eigenvalue weighted by molar-refractivity contribution is -0.134. The van der Waals surface area contributed by atoms with Crippen molar-refractivity contribution in [1.29, 1.82) is 0 Å². The number of carbonyl (C=O) groups is 1. The standard InChI is InChI=1S/C12H23N3O2/c1-3-10(11(13)14-17)12(16)15(4-2)8-9-6-5-7-9/h9-10,17H,3-8H2,1-2H3,(H2,13,14). The summed E-state index contributed by atoms with van der Waals surface area (Å²) in [5.74, 6) is 0.158. The van der Waals surface area contributed by atoms with Crippen LogP contribution >= 0.6 is 0 Å². The van der Waals surface area contributed by atoms with Gasteiger partial charge in [0, 0.05) is 13.1 Å². The molecule has 0 aromatic rings. The van der Waals surface area contributed by atoms with E-state index in [2.05, 4.69) is 5.16 Å². The average Bonchev–Trinajstić information content (AvgIpc) is 2.28. The minimum atomic E-state index is -0.486. The molecule has 0 aromatic carbocycles. The topological polar surface area (TPSA) is 78.9 Å². The quantitative estimate of drug-likeness (QED) is 0.319. The van der Waals surface area contributed by atoms with Crippen molar-refractivity contribution < 1.29 is 10.0 Å². The first-order valence-corrected chi connectivity index (χ1v) is 6.40. The first-order chi connectivity index (χ1) is 8.13. The zero-order valence-corrected chi connectivity index (χ0v) is 10.7. The van der Waals surface area contributed by atoms with Gasteiger partial charge in [-0.2, -0.15) is 0 Å². The van der Waals surface area contributed by atoms with E-state index in [-0.39, 0.29) is 11.7 Å². The summed E-state index contributed by atoms with van der Waals surface area (Å²) < 4.78 is 0. The van der Waals surface area contributed by atoms with Crippen molar-refractivity contribution in [3.05, 3.63) is 0 Å². The highest BCUT2D eigenvalue weighted by molar-refractivity contribution is 6.02. The Labute approximate surface area is 103 Å². The highest BCUT2D eigenvalue weighted by Crippen LogP contribution is 2.27. The maximum Gasteiger partial charge on any atom is 0.233 e. The van der Waals surface area contributed by atoms with Crippen LogP contribution in [0.25, 0.3) is 0 Å². The molecule has 0 bridgehead atoms. The second kappa shape index (κ2) is 6.47. The molecular formula is C12H23N3O2. The molecule has 5 nitrogen and oxygen atoms in total. The number of oxime groups is 1. The van der Waals surface area contributed by atoms with Gasteiger partial charge in [-0.15, -0.1) is 0 Å². The number of nitrogens with zero attached hydrogens (tertiary/aromatic N) is 2. The fraction of sp³-hybridized carbons (Fsp3) is 0.833. The number of hydrogen-bond donors (Lipinski definition) is 2. The fourth-order valence-electron chi connectivity index (χ4n) is 2.16. The minimum absolute atomic E-state index is 0.0165. The van der Waals surface area contributed by atoms with Gasteiger partial charge in [-0.25, -0.2) is 0 Å². The number of amidine groups is 1. The molecule has 1 saturated carbocycles. The molecule has 1 fully saturated rings. The van der Waals surface area contributed by atoms with Gasteiger partial charge < -0.3 is 15.8 Å². The van der Waals surface area contributed by atoms with Crippen molar-refractivity contribution in [2.75, 3.05) is 13.1 Å². The van der Waals surface area contributed by atoms with Crippen LogP contribution in [-0.2, 0) is 4.79 Å². The Morgan fingerprint density at radius 1 is 1.53 bits per heavy atom. The molecule has 5 heteroatoms. The zero-order valence-electron chi connectivity index (χ0n) is 10.7. The van der Waals surface area contributed by atoms with Crippen molar-refractivity contribution in [3.8, 4) is 0 Å². The van der Waals surface area contributed by atoms with Gasteiger partial charge in [-0.05, 0) is 32.1 Å². The van der Waals surface area contributed by atoms with Crippen LogP contribution in [0.3, 0.4) is 0 Å². The third-order valence-corrected chi connectivity index (χ3v) is 3.58. The molecule has 0 heterocycles. The summed E-state index contributed by atoms with van der Waals surface area (Å²) in [6, 6.07) is 0. The Balaban J connectivity index is 2.62. The molecule has 0 aromatic heterocycles. The highest BCUT2D eigenvalue weighted by atomic mass is 16.4. The predicted molar refractivity (Wildman–Crippen MR) is 66.8 cm³/mol. The van der Waals surface area contributed by atoms with Crippen molar-refractivity contribution in [3.63, 3.8) is 0 Å². The highest BCUT2D eigenvalue weighted by Gasteiger charge is 2.28. The van der Waals surface area contributed by atoms with Gasteiger partial charge in [-0.3, -0.25) is 4.79 Å². The number of nitrogens with two attached hydrogens (primary N) is 1. The number of carbonyl (C=O) groups excluding carboxylic acids is 1. The first-order valence-electron chi connectivity index (χ1n) is 6.40. The van der Waals surface area contributed by atoms with Gasteiger partial charge in [0.1, 0.15) is 0 Å². The van der Waals surface area contributed by atoms with Gasteiger partial charge in [-0.1, -0.05) is 18.5 Å². The largest absolute Gasteiger partial charge is 0.409 e. The molecule has 1 aliphatic carbocycles. The second-order valence-electron chi connectivity index (χ2n) is 4.66. The van der Waals surface area contributed by atoms with E-state index in [0.29, 0.717) is 18.9 Å². The summed E-state index contributed by atoms with van der Waals surface area (Å²) in [5.41, 5.74) is 5.55. The van der Waals surface area contributed by atoms with Crippen LogP contribution in [0.5, 0.6) is 0 Å². The van der Waals surface area contributed by atoms with Crippen LogP contribution in [0.2, 0.25) is 0 Å². The normalized spacial score (nSPS) is 18.6. The molecule has 1 atom stereocenters. The Bertz CT molecular complexity index is 287. The molecule has 1 unspecified atom stereocenters. The summed E-state index contributed by atoms with van der Waals surface area (Å²) in [5, 5.41) is 11.6. The predicted octanol–water partition coefficient (Wildman–Crippen LogP) is 1.41. The van der Waals surface area contributed by atoms with E-state index in [1.165, 1.54) is 19.3 Å². The van der Waals surface area contributed by atoms with Crippen LogP contribution in [0, 0.1) is 11.8 Å². The molecule has 0 radical (unpaired) electrons. The SMILES string of the molecule is CCC(C(=O)N(CC)CC1CCC1)C(N)=NO. The third kappa shape index (κ3) is 3.35. The molecule has 3 N–H and O–H groups in total. The van der Waals surface area contributed by atoms with E-state index in [1.54, 1.807) is 0 Å². The van der Waals surface area contributed by atoms with Gasteiger partial charge in [0.05, 0.1) is 5.92 Å². The molecule has 1 rings (SSSR count). The monoisotopic (exact) mass is 241 g/mol. The molecule has 17 heavy (non-hydrogen) atoms. The van der Waals surface area contributed by atoms with E-state index in [9.17, 15) is 4.79 Å². The van der Waals surface area contributed by atoms with Crippen molar-refractivity contribution in [2.45, 2.75) is 39.5 Å². The zero-order chi connectivity index (χ0) is 12.8. The molecule has 0 spiro atoms. The van der Waals surface area contributed by atoms with E-state index in [4.69, 9.17) is 10.9 Å². The smallest absolute Gasteiger partial charge is 0.233 e. The Kier molecular flexibility index (Phi) is 5.25.